The van der Waals surface area contributed by atoms with Crippen molar-refractivity contribution >= 4 is 45.2 Å². The Kier molecular flexibility index (Phi) is 6.81. The van der Waals surface area contributed by atoms with Crippen LogP contribution in [-0.4, -0.2) is 23.1 Å². The van der Waals surface area contributed by atoms with E-state index in [0.717, 1.165) is 17.3 Å². The Bertz CT molecular complexity index is 497. The van der Waals surface area contributed by atoms with Gasteiger partial charge in [-0.05, 0) is 24.6 Å². The number of nitrogens with one attached hydrogen (secondary N) is 2. The minimum Gasteiger partial charge on any atom is -0.480 e. The third-order valence-electron chi connectivity index (χ3n) is 2.63. The number of aliphatic carboxylic acids is 1. The quantitative estimate of drug-likeness (QED) is 0.718. The van der Waals surface area contributed by atoms with Crippen molar-refractivity contribution < 1.29 is 14.7 Å². The van der Waals surface area contributed by atoms with Crippen LogP contribution in [0.5, 0.6) is 0 Å². The molecule has 0 unspecified atom stereocenters. The molecule has 7 heteroatoms. The van der Waals surface area contributed by atoms with Gasteiger partial charge in [0.05, 0.1) is 10.7 Å². The van der Waals surface area contributed by atoms with Gasteiger partial charge in [-0.25, -0.2) is 9.59 Å². The Balaban J connectivity index is 2.65. The summed E-state index contributed by atoms with van der Waals surface area (Å²) in [7, 11) is 0. The molecule has 0 radical (unpaired) electrons. The zero-order valence-corrected chi connectivity index (χ0v) is 13.3. The van der Waals surface area contributed by atoms with E-state index >= 15 is 0 Å². The molecule has 0 bridgehead atoms. The maximum Gasteiger partial charge on any atom is 0.326 e. The Morgan fingerprint density at radius 2 is 2.15 bits per heavy atom. The van der Waals surface area contributed by atoms with Crippen LogP contribution in [0.2, 0.25) is 5.02 Å². The minimum atomic E-state index is -1.05. The zero-order valence-electron chi connectivity index (χ0n) is 11.0. The van der Waals surface area contributed by atoms with Crippen molar-refractivity contribution in [3.05, 3.63) is 27.7 Å². The van der Waals surface area contributed by atoms with Crippen LogP contribution in [0.1, 0.15) is 26.2 Å². The van der Waals surface area contributed by atoms with Gasteiger partial charge in [-0.15, -0.1) is 0 Å². The summed E-state index contributed by atoms with van der Waals surface area (Å²) in [4.78, 5) is 22.8. The lowest BCUT2D eigenvalue weighted by Crippen LogP contribution is -2.43. The average Bonchev–Trinajstić information content (AvgIpc) is 2.38. The topological polar surface area (TPSA) is 78.4 Å². The van der Waals surface area contributed by atoms with Crippen molar-refractivity contribution in [1.29, 1.82) is 0 Å². The number of amides is 2. The number of carbonyl (C=O) groups is 2. The van der Waals surface area contributed by atoms with Gasteiger partial charge < -0.3 is 15.7 Å². The summed E-state index contributed by atoms with van der Waals surface area (Å²) in [6.07, 6.45) is 1.99. The standard InChI is InChI=1S/C13H16BrClN2O3/c1-2-3-4-10(12(18)19)16-13(20)17-11-7-8(14)5-6-9(11)15/h5-7,10H,2-4H2,1H3,(H,18,19)(H2,16,17,20)/t10-/m0/s1. The number of hydrogen-bond acceptors (Lipinski definition) is 2. The molecule has 20 heavy (non-hydrogen) atoms. The van der Waals surface area contributed by atoms with Crippen molar-refractivity contribution in [2.75, 3.05) is 5.32 Å². The first-order valence-electron chi connectivity index (χ1n) is 6.19. The molecule has 1 aromatic rings. The van der Waals surface area contributed by atoms with Crippen LogP contribution in [0.4, 0.5) is 10.5 Å². The van der Waals surface area contributed by atoms with Crippen LogP contribution in [0.3, 0.4) is 0 Å². The van der Waals surface area contributed by atoms with Gasteiger partial charge in [0.1, 0.15) is 6.04 Å². The summed E-state index contributed by atoms with van der Waals surface area (Å²) in [5, 5.41) is 14.4. The number of benzene rings is 1. The third kappa shape index (κ3) is 5.38. The number of halogens is 2. The van der Waals surface area contributed by atoms with Crippen molar-refractivity contribution in [1.82, 2.24) is 5.32 Å². The van der Waals surface area contributed by atoms with Gasteiger partial charge in [0.15, 0.2) is 0 Å². The summed E-state index contributed by atoms with van der Waals surface area (Å²) < 4.78 is 0.762. The highest BCUT2D eigenvalue weighted by molar-refractivity contribution is 9.10. The van der Waals surface area contributed by atoms with E-state index in [-0.39, 0.29) is 0 Å². The largest absolute Gasteiger partial charge is 0.480 e. The van der Waals surface area contributed by atoms with E-state index in [4.69, 9.17) is 16.7 Å². The highest BCUT2D eigenvalue weighted by Crippen LogP contribution is 2.25. The maximum absolute atomic E-state index is 11.8. The molecule has 1 rings (SSSR count). The van der Waals surface area contributed by atoms with Gasteiger partial charge in [0.25, 0.3) is 0 Å². The highest BCUT2D eigenvalue weighted by atomic mass is 79.9. The fourth-order valence-corrected chi connectivity index (χ4v) is 2.10. The molecule has 0 fully saturated rings. The number of rotatable bonds is 6. The minimum absolute atomic E-state index is 0.379. The van der Waals surface area contributed by atoms with Crippen LogP contribution < -0.4 is 10.6 Å². The monoisotopic (exact) mass is 362 g/mol. The zero-order chi connectivity index (χ0) is 15.1. The fraction of sp³-hybridized carbons (Fsp3) is 0.385. The molecule has 0 aliphatic carbocycles. The lowest BCUT2D eigenvalue weighted by Gasteiger charge is -2.15. The first-order valence-corrected chi connectivity index (χ1v) is 7.36. The Hall–Kier alpha value is -1.27. The van der Waals surface area contributed by atoms with E-state index in [1.165, 1.54) is 0 Å². The van der Waals surface area contributed by atoms with Crippen molar-refractivity contribution in [3.63, 3.8) is 0 Å². The molecule has 1 atom stereocenters. The summed E-state index contributed by atoms with van der Waals surface area (Å²) in [5.41, 5.74) is 0.415. The lowest BCUT2D eigenvalue weighted by molar-refractivity contribution is -0.139. The number of carbonyl (C=O) groups excluding carboxylic acids is 1. The molecule has 110 valence electrons. The molecule has 0 aliphatic heterocycles. The second-order valence-corrected chi connectivity index (χ2v) is 5.58. The molecule has 0 heterocycles. The molecule has 5 nitrogen and oxygen atoms in total. The third-order valence-corrected chi connectivity index (χ3v) is 3.45. The molecule has 0 aliphatic rings. The first kappa shape index (κ1) is 16.8. The summed E-state index contributed by atoms with van der Waals surface area (Å²) in [5.74, 6) is -1.05. The predicted octanol–water partition coefficient (Wildman–Crippen LogP) is 3.87. The first-order chi connectivity index (χ1) is 9.43. The molecular formula is C13H16BrClN2O3. The van der Waals surface area contributed by atoms with Gasteiger partial charge in [0, 0.05) is 4.47 Å². The molecule has 1 aromatic carbocycles. The smallest absolute Gasteiger partial charge is 0.326 e. The van der Waals surface area contributed by atoms with Crippen molar-refractivity contribution in [3.8, 4) is 0 Å². The van der Waals surface area contributed by atoms with Gasteiger partial charge in [-0.3, -0.25) is 0 Å². The fourth-order valence-electron chi connectivity index (χ4n) is 1.58. The molecular weight excluding hydrogens is 348 g/mol. The second-order valence-electron chi connectivity index (χ2n) is 4.26. The van der Waals surface area contributed by atoms with E-state index in [2.05, 4.69) is 26.6 Å². The van der Waals surface area contributed by atoms with Crippen molar-refractivity contribution in [2.45, 2.75) is 32.2 Å². The number of hydrogen-bond donors (Lipinski definition) is 3. The molecule has 0 spiro atoms. The predicted molar refractivity (Wildman–Crippen MR) is 82.3 cm³/mol. The Morgan fingerprint density at radius 3 is 2.75 bits per heavy atom. The Labute approximate surface area is 130 Å². The normalized spacial score (nSPS) is 11.8. The summed E-state index contributed by atoms with van der Waals surface area (Å²) in [6.45, 7) is 1.96. The number of urea groups is 1. The van der Waals surface area contributed by atoms with E-state index < -0.39 is 18.0 Å². The van der Waals surface area contributed by atoms with E-state index in [0.29, 0.717) is 17.1 Å². The van der Waals surface area contributed by atoms with Crippen LogP contribution in [0, 0.1) is 0 Å². The molecule has 0 saturated carbocycles. The summed E-state index contributed by atoms with van der Waals surface area (Å²) >= 11 is 9.21. The maximum atomic E-state index is 11.8. The molecule has 0 saturated heterocycles. The number of carboxylic acids is 1. The molecule has 3 N–H and O–H groups in total. The van der Waals surface area contributed by atoms with Crippen LogP contribution in [-0.2, 0) is 4.79 Å². The Morgan fingerprint density at radius 1 is 1.45 bits per heavy atom. The van der Waals surface area contributed by atoms with Gasteiger partial charge in [-0.2, -0.15) is 0 Å². The number of unbranched alkanes of at least 4 members (excludes halogenated alkanes) is 1. The van der Waals surface area contributed by atoms with Crippen LogP contribution in [0.25, 0.3) is 0 Å². The average molecular weight is 364 g/mol. The SMILES string of the molecule is CCCC[C@H](NC(=O)Nc1cc(Br)ccc1Cl)C(=O)O. The van der Waals surface area contributed by atoms with Crippen LogP contribution in [0.15, 0.2) is 22.7 Å². The number of anilines is 1. The lowest BCUT2D eigenvalue weighted by atomic mass is 10.1. The van der Waals surface area contributed by atoms with E-state index in [1.54, 1.807) is 18.2 Å². The van der Waals surface area contributed by atoms with Gasteiger partial charge in [0.2, 0.25) is 0 Å². The molecule has 2 amide bonds. The highest BCUT2D eigenvalue weighted by Gasteiger charge is 2.19. The van der Waals surface area contributed by atoms with Gasteiger partial charge in [-0.1, -0.05) is 47.3 Å². The van der Waals surface area contributed by atoms with E-state index in [1.807, 2.05) is 6.92 Å². The van der Waals surface area contributed by atoms with Crippen molar-refractivity contribution in [2.24, 2.45) is 0 Å². The summed E-state index contributed by atoms with van der Waals surface area (Å²) in [6, 6.07) is 3.53. The van der Waals surface area contributed by atoms with Crippen LogP contribution >= 0.6 is 27.5 Å². The second kappa shape index (κ2) is 8.11. The molecule has 0 aromatic heterocycles. The van der Waals surface area contributed by atoms with Gasteiger partial charge >= 0.3 is 12.0 Å². The number of carboxylic acid groups (broad SMARTS) is 1. The van der Waals surface area contributed by atoms with E-state index in [9.17, 15) is 9.59 Å².